The first-order valence-electron chi connectivity index (χ1n) is 11.7. The molecule has 4 rings (SSSR count). The number of fused-ring (bicyclic) bond motifs is 1. The summed E-state index contributed by atoms with van der Waals surface area (Å²) in [7, 11) is 1.45. The number of aryl methyl sites for hydroxylation is 2. The Morgan fingerprint density at radius 2 is 1.94 bits per heavy atom. The van der Waals surface area contributed by atoms with E-state index in [-0.39, 0.29) is 31.1 Å². The molecular formula is C27H29N5O4. The number of aromatic nitrogens is 3. The molecule has 0 unspecified atom stereocenters. The van der Waals surface area contributed by atoms with Gasteiger partial charge in [0, 0.05) is 25.5 Å². The van der Waals surface area contributed by atoms with Gasteiger partial charge in [-0.25, -0.2) is 4.98 Å². The second kappa shape index (κ2) is 11.9. The highest BCUT2D eigenvalue weighted by molar-refractivity contribution is 6.07. The number of hydrogen-bond acceptors (Lipinski definition) is 6. The zero-order valence-corrected chi connectivity index (χ0v) is 20.3. The first-order chi connectivity index (χ1) is 17.5. The number of nitrogens with one attached hydrogen (secondary N) is 2. The summed E-state index contributed by atoms with van der Waals surface area (Å²) < 4.78 is 12.7. The number of anilines is 1. The molecule has 9 nitrogen and oxygen atoms in total. The Labute approximate surface area is 209 Å². The highest BCUT2D eigenvalue weighted by Crippen LogP contribution is 2.24. The number of methoxy groups -OCH3 is 1. The lowest BCUT2D eigenvalue weighted by Crippen LogP contribution is -2.34. The van der Waals surface area contributed by atoms with Gasteiger partial charge in [-0.3, -0.25) is 14.6 Å². The molecule has 2 aromatic heterocycles. The summed E-state index contributed by atoms with van der Waals surface area (Å²) in [6.45, 7) is 2.72. The second-order valence-electron chi connectivity index (χ2n) is 8.37. The van der Waals surface area contributed by atoms with Crippen LogP contribution in [-0.4, -0.2) is 52.7 Å². The first-order valence-corrected chi connectivity index (χ1v) is 11.7. The van der Waals surface area contributed by atoms with Gasteiger partial charge in [-0.1, -0.05) is 30.3 Å². The zero-order chi connectivity index (χ0) is 25.3. The van der Waals surface area contributed by atoms with E-state index in [2.05, 4.69) is 32.7 Å². The molecule has 9 heteroatoms. The van der Waals surface area contributed by atoms with Crippen LogP contribution in [0.15, 0.2) is 73.3 Å². The molecule has 0 spiro atoms. The minimum absolute atomic E-state index is 0.0890. The average Bonchev–Trinajstić information content (AvgIpc) is 3.29. The van der Waals surface area contributed by atoms with Crippen LogP contribution < -0.4 is 15.4 Å². The molecule has 0 fully saturated rings. The van der Waals surface area contributed by atoms with Crippen LogP contribution >= 0.6 is 0 Å². The van der Waals surface area contributed by atoms with Gasteiger partial charge in [0.05, 0.1) is 35.7 Å². The van der Waals surface area contributed by atoms with Gasteiger partial charge in [0.25, 0.3) is 5.91 Å². The Morgan fingerprint density at radius 1 is 1.11 bits per heavy atom. The van der Waals surface area contributed by atoms with E-state index in [9.17, 15) is 9.59 Å². The molecular weight excluding hydrogens is 458 g/mol. The smallest absolute Gasteiger partial charge is 0.253 e. The van der Waals surface area contributed by atoms with Crippen molar-refractivity contribution in [1.29, 1.82) is 0 Å². The summed E-state index contributed by atoms with van der Waals surface area (Å²) in [4.78, 5) is 34.0. The minimum Gasteiger partial charge on any atom is -0.487 e. The summed E-state index contributed by atoms with van der Waals surface area (Å²) in [6, 6.07) is 17.2. The Kier molecular flexibility index (Phi) is 8.25. The van der Waals surface area contributed by atoms with E-state index in [1.54, 1.807) is 36.9 Å². The summed E-state index contributed by atoms with van der Waals surface area (Å²) in [5.41, 5.74) is 3.40. The second-order valence-corrected chi connectivity index (χ2v) is 8.37. The third-order valence-corrected chi connectivity index (χ3v) is 5.52. The fourth-order valence-corrected chi connectivity index (χ4v) is 3.87. The van der Waals surface area contributed by atoms with E-state index in [1.807, 2.05) is 35.8 Å². The number of benzene rings is 2. The lowest BCUT2D eigenvalue weighted by Gasteiger charge is -2.16. The van der Waals surface area contributed by atoms with E-state index in [1.165, 1.54) is 12.7 Å². The van der Waals surface area contributed by atoms with Crippen molar-refractivity contribution in [3.63, 3.8) is 0 Å². The third kappa shape index (κ3) is 6.45. The summed E-state index contributed by atoms with van der Waals surface area (Å²) in [5.74, 6) is 0.0274. The molecule has 0 aliphatic heterocycles. The van der Waals surface area contributed by atoms with Gasteiger partial charge >= 0.3 is 0 Å². The highest BCUT2D eigenvalue weighted by atomic mass is 16.5. The van der Waals surface area contributed by atoms with Crippen molar-refractivity contribution in [3.05, 3.63) is 84.4 Å². The quantitative estimate of drug-likeness (QED) is 0.336. The van der Waals surface area contributed by atoms with Gasteiger partial charge < -0.3 is 24.7 Å². The highest BCUT2D eigenvalue weighted by Gasteiger charge is 2.18. The number of pyridine rings is 1. The van der Waals surface area contributed by atoms with Crippen LogP contribution in [0.2, 0.25) is 0 Å². The molecule has 2 amide bonds. The molecule has 0 radical (unpaired) electrons. The molecule has 2 aromatic carbocycles. The number of rotatable bonds is 11. The number of carbonyl (C=O) groups is 2. The van der Waals surface area contributed by atoms with Crippen molar-refractivity contribution in [2.45, 2.75) is 26.0 Å². The van der Waals surface area contributed by atoms with E-state index < -0.39 is 0 Å². The number of amides is 2. The van der Waals surface area contributed by atoms with Crippen LogP contribution in [0.1, 0.15) is 22.8 Å². The van der Waals surface area contributed by atoms with Gasteiger partial charge in [-0.05, 0) is 43.2 Å². The molecule has 1 atom stereocenters. The number of ether oxygens (including phenoxy) is 2. The molecule has 2 heterocycles. The average molecular weight is 488 g/mol. The maximum Gasteiger partial charge on any atom is 0.253 e. The molecule has 0 aliphatic rings. The zero-order valence-electron chi connectivity index (χ0n) is 20.3. The minimum atomic E-state index is -0.315. The molecule has 2 N–H and O–H groups in total. The van der Waals surface area contributed by atoms with Crippen molar-refractivity contribution in [1.82, 2.24) is 19.9 Å². The van der Waals surface area contributed by atoms with Gasteiger partial charge in [0.15, 0.2) is 0 Å². The SMILES string of the molecule is COCC(=O)Nc1cc(C(=O)NC[C@H](C)Oc2cccnc2)c2c(c1)ncn2CCc1ccccc1. The number of hydrogen-bond donors (Lipinski definition) is 2. The van der Waals surface area contributed by atoms with E-state index >= 15 is 0 Å². The molecule has 0 saturated heterocycles. The van der Waals surface area contributed by atoms with Gasteiger partial charge in [-0.15, -0.1) is 0 Å². The van der Waals surface area contributed by atoms with Crippen molar-refractivity contribution in [3.8, 4) is 5.75 Å². The largest absolute Gasteiger partial charge is 0.487 e. The number of carbonyl (C=O) groups excluding carboxylic acids is 2. The van der Waals surface area contributed by atoms with E-state index in [0.29, 0.717) is 34.6 Å². The Hall–Kier alpha value is -4.24. The number of imidazole rings is 1. The topological polar surface area (TPSA) is 107 Å². The van der Waals surface area contributed by atoms with Gasteiger partial charge in [0.2, 0.25) is 5.91 Å². The lowest BCUT2D eigenvalue weighted by atomic mass is 10.1. The van der Waals surface area contributed by atoms with Crippen LogP contribution in [0.3, 0.4) is 0 Å². The van der Waals surface area contributed by atoms with Crippen LogP contribution in [0.5, 0.6) is 5.75 Å². The normalized spacial score (nSPS) is 11.7. The Bertz CT molecular complexity index is 1310. The van der Waals surface area contributed by atoms with Crippen molar-refractivity contribution in [2.75, 3.05) is 25.6 Å². The Morgan fingerprint density at radius 3 is 2.69 bits per heavy atom. The molecule has 0 aliphatic carbocycles. The molecule has 186 valence electrons. The summed E-state index contributed by atoms with van der Waals surface area (Å²) in [5, 5.41) is 5.71. The van der Waals surface area contributed by atoms with Crippen LogP contribution in [-0.2, 0) is 22.5 Å². The van der Waals surface area contributed by atoms with Crippen LogP contribution in [0, 0.1) is 0 Å². The maximum atomic E-state index is 13.3. The van der Waals surface area contributed by atoms with Crippen molar-refractivity contribution < 1.29 is 19.1 Å². The van der Waals surface area contributed by atoms with Gasteiger partial charge in [-0.2, -0.15) is 0 Å². The molecule has 4 aromatic rings. The summed E-state index contributed by atoms with van der Waals surface area (Å²) in [6.07, 6.45) is 5.53. The predicted molar refractivity (Wildman–Crippen MR) is 137 cm³/mol. The third-order valence-electron chi connectivity index (χ3n) is 5.52. The van der Waals surface area contributed by atoms with E-state index in [0.717, 1.165) is 6.42 Å². The first kappa shape index (κ1) is 24.9. The Balaban J connectivity index is 1.56. The maximum absolute atomic E-state index is 13.3. The number of nitrogens with zero attached hydrogens (tertiary/aromatic N) is 3. The van der Waals surface area contributed by atoms with Gasteiger partial charge in [0.1, 0.15) is 18.5 Å². The standard InChI is InChI=1S/C27H29N5O4/c1-19(36-22-9-6-11-28-16-22)15-29-27(34)23-13-21(31-25(33)17-35-2)14-24-26(23)32(18-30-24)12-10-20-7-4-3-5-8-20/h3-9,11,13-14,16,18-19H,10,12,15,17H2,1-2H3,(H,29,34)(H,31,33)/t19-/m0/s1. The monoisotopic (exact) mass is 487 g/mol. The fraction of sp³-hybridized carbons (Fsp3) is 0.259. The molecule has 36 heavy (non-hydrogen) atoms. The molecule has 0 saturated carbocycles. The van der Waals surface area contributed by atoms with E-state index in [4.69, 9.17) is 9.47 Å². The van der Waals surface area contributed by atoms with Crippen LogP contribution in [0.4, 0.5) is 5.69 Å². The van der Waals surface area contributed by atoms with Crippen molar-refractivity contribution in [2.24, 2.45) is 0 Å². The van der Waals surface area contributed by atoms with Crippen LogP contribution in [0.25, 0.3) is 11.0 Å². The summed E-state index contributed by atoms with van der Waals surface area (Å²) >= 11 is 0. The predicted octanol–water partition coefficient (Wildman–Crippen LogP) is 3.46. The molecule has 0 bridgehead atoms. The lowest BCUT2D eigenvalue weighted by molar-refractivity contribution is -0.119. The van der Waals surface area contributed by atoms with Crippen molar-refractivity contribution >= 4 is 28.5 Å². The fourth-order valence-electron chi connectivity index (χ4n) is 3.87.